The van der Waals surface area contributed by atoms with Gasteiger partial charge >= 0.3 is 6.18 Å². The number of nitrogens with one attached hydrogen (secondary N) is 1. The van der Waals surface area contributed by atoms with Gasteiger partial charge in [-0.3, -0.25) is 0 Å². The number of aliphatic hydroxyl groups excluding tert-OH is 1. The number of aliphatic hydroxyl groups is 1. The Balaban J connectivity index is 1.94. The van der Waals surface area contributed by atoms with E-state index in [1.807, 2.05) is 6.92 Å². The lowest BCUT2D eigenvalue weighted by Gasteiger charge is -2.26. The number of fused-ring (bicyclic) bond motifs is 1. The minimum absolute atomic E-state index is 0.148. The molecule has 1 aliphatic carbocycles. The van der Waals surface area contributed by atoms with Gasteiger partial charge in [0, 0.05) is 24.0 Å². The van der Waals surface area contributed by atoms with E-state index < -0.39 is 18.6 Å². The Morgan fingerprint density at radius 2 is 1.93 bits per heavy atom. The van der Waals surface area contributed by atoms with Crippen LogP contribution in [0, 0.1) is 0 Å². The minimum Gasteiger partial charge on any atom is -0.477 e. The molecule has 154 valence electrons. The Kier molecular flexibility index (Phi) is 6.22. The first kappa shape index (κ1) is 20.6. The molecule has 1 fully saturated rings. The van der Waals surface area contributed by atoms with Crippen LogP contribution in [0.3, 0.4) is 0 Å². The van der Waals surface area contributed by atoms with Crippen LogP contribution >= 0.6 is 0 Å². The van der Waals surface area contributed by atoms with Crippen LogP contribution in [0.4, 0.5) is 19.1 Å². The van der Waals surface area contributed by atoms with Crippen molar-refractivity contribution in [3.63, 3.8) is 0 Å². The van der Waals surface area contributed by atoms with Gasteiger partial charge in [0.25, 0.3) is 0 Å². The molecule has 6 nitrogen and oxygen atoms in total. The molecule has 2 aromatic rings. The van der Waals surface area contributed by atoms with Crippen LogP contribution in [0.2, 0.25) is 0 Å². The molecule has 0 amide bonds. The first-order valence-electron chi connectivity index (χ1n) is 9.56. The molecule has 2 heterocycles. The summed E-state index contributed by atoms with van der Waals surface area (Å²) in [6.07, 6.45) is 0.790. The summed E-state index contributed by atoms with van der Waals surface area (Å²) in [5.74, 6) is 0.742. The van der Waals surface area contributed by atoms with Crippen LogP contribution in [-0.2, 0) is 0 Å². The predicted molar refractivity (Wildman–Crippen MR) is 99.5 cm³/mol. The average molecular weight is 398 g/mol. The lowest BCUT2D eigenvalue weighted by Crippen LogP contribution is -2.25. The molecular formula is C19H25F3N4O2. The summed E-state index contributed by atoms with van der Waals surface area (Å²) < 4.78 is 43.4. The summed E-state index contributed by atoms with van der Waals surface area (Å²) in [4.78, 5) is 13.1. The summed E-state index contributed by atoms with van der Waals surface area (Å²) in [5.41, 5.74) is 1.55. The Morgan fingerprint density at radius 3 is 2.57 bits per heavy atom. The van der Waals surface area contributed by atoms with Crippen molar-refractivity contribution in [1.82, 2.24) is 15.0 Å². The van der Waals surface area contributed by atoms with Gasteiger partial charge in [0.1, 0.15) is 0 Å². The summed E-state index contributed by atoms with van der Waals surface area (Å²) in [6.45, 7) is 3.72. The first-order valence-corrected chi connectivity index (χ1v) is 9.56. The average Bonchev–Trinajstić information content (AvgIpc) is 2.61. The summed E-state index contributed by atoms with van der Waals surface area (Å²) in [6, 6.07) is -0.848. The van der Waals surface area contributed by atoms with E-state index in [0.717, 1.165) is 18.4 Å². The van der Waals surface area contributed by atoms with Crippen LogP contribution in [0.15, 0.2) is 12.4 Å². The zero-order valence-electron chi connectivity index (χ0n) is 16.0. The van der Waals surface area contributed by atoms with Crippen molar-refractivity contribution in [3.05, 3.63) is 18.0 Å². The van der Waals surface area contributed by atoms with Crippen molar-refractivity contribution in [3.8, 4) is 5.88 Å². The molecule has 0 spiro atoms. The SMILES string of the molecule is CCOc1ncc([C@H]2CC[C@H](O)CC2)c2nc(N[C@@H](C)CC(F)(F)F)ncc12. The third-order valence-corrected chi connectivity index (χ3v) is 4.94. The summed E-state index contributed by atoms with van der Waals surface area (Å²) >= 11 is 0. The number of anilines is 1. The van der Waals surface area contributed by atoms with Gasteiger partial charge in [-0.1, -0.05) is 0 Å². The van der Waals surface area contributed by atoms with E-state index in [9.17, 15) is 18.3 Å². The zero-order chi connectivity index (χ0) is 20.3. The molecule has 0 aromatic carbocycles. The molecule has 2 aromatic heterocycles. The van der Waals surface area contributed by atoms with Crippen LogP contribution < -0.4 is 10.1 Å². The third kappa shape index (κ3) is 5.01. The number of alkyl halides is 3. The maximum absolute atomic E-state index is 12.6. The molecule has 0 bridgehead atoms. The van der Waals surface area contributed by atoms with E-state index in [1.54, 1.807) is 12.4 Å². The van der Waals surface area contributed by atoms with Crippen LogP contribution in [0.25, 0.3) is 10.9 Å². The maximum atomic E-state index is 12.6. The molecule has 9 heteroatoms. The number of aromatic nitrogens is 3. The Bertz CT molecular complexity index is 808. The molecule has 28 heavy (non-hydrogen) atoms. The number of nitrogens with zero attached hydrogens (tertiary/aromatic N) is 3. The van der Waals surface area contributed by atoms with E-state index in [4.69, 9.17) is 4.74 Å². The Morgan fingerprint density at radius 1 is 1.21 bits per heavy atom. The monoisotopic (exact) mass is 398 g/mol. The van der Waals surface area contributed by atoms with Gasteiger partial charge in [-0.05, 0) is 45.4 Å². The highest BCUT2D eigenvalue weighted by molar-refractivity contribution is 5.86. The van der Waals surface area contributed by atoms with Gasteiger partial charge in [-0.15, -0.1) is 0 Å². The molecule has 2 N–H and O–H groups in total. The van der Waals surface area contributed by atoms with E-state index >= 15 is 0 Å². The maximum Gasteiger partial charge on any atom is 0.391 e. The van der Waals surface area contributed by atoms with Crippen molar-refractivity contribution in [2.45, 2.75) is 70.2 Å². The normalized spacial score (nSPS) is 21.5. The van der Waals surface area contributed by atoms with Crippen molar-refractivity contribution in [2.75, 3.05) is 11.9 Å². The van der Waals surface area contributed by atoms with Crippen molar-refractivity contribution in [1.29, 1.82) is 0 Å². The molecule has 0 aliphatic heterocycles. The van der Waals surface area contributed by atoms with Gasteiger partial charge < -0.3 is 15.2 Å². The quantitative estimate of drug-likeness (QED) is 0.759. The number of ether oxygens (including phenoxy) is 1. The third-order valence-electron chi connectivity index (χ3n) is 4.94. The smallest absolute Gasteiger partial charge is 0.391 e. The highest BCUT2D eigenvalue weighted by Crippen LogP contribution is 2.37. The number of halogens is 3. The second-order valence-corrected chi connectivity index (χ2v) is 7.28. The van der Waals surface area contributed by atoms with Crippen LogP contribution in [0.1, 0.15) is 57.4 Å². The largest absolute Gasteiger partial charge is 0.477 e. The highest BCUT2D eigenvalue weighted by atomic mass is 19.4. The molecule has 0 radical (unpaired) electrons. The fourth-order valence-electron chi connectivity index (χ4n) is 3.64. The molecule has 0 unspecified atom stereocenters. The fourth-order valence-corrected chi connectivity index (χ4v) is 3.64. The van der Waals surface area contributed by atoms with Crippen LogP contribution in [-0.4, -0.2) is 45.0 Å². The van der Waals surface area contributed by atoms with Gasteiger partial charge in [0.15, 0.2) is 0 Å². The second kappa shape index (κ2) is 8.46. The number of pyridine rings is 1. The Labute approximate surface area is 161 Å². The summed E-state index contributed by atoms with van der Waals surface area (Å²) in [5, 5.41) is 13.1. The number of rotatable bonds is 6. The lowest BCUT2D eigenvalue weighted by atomic mass is 9.83. The van der Waals surface area contributed by atoms with Crippen molar-refractivity contribution >= 4 is 16.9 Å². The molecule has 3 rings (SSSR count). The zero-order valence-corrected chi connectivity index (χ0v) is 16.0. The van der Waals surface area contributed by atoms with Crippen molar-refractivity contribution in [2.24, 2.45) is 0 Å². The number of hydrogen-bond donors (Lipinski definition) is 2. The van der Waals surface area contributed by atoms with E-state index in [2.05, 4.69) is 20.3 Å². The number of hydrogen-bond acceptors (Lipinski definition) is 6. The molecule has 1 aliphatic rings. The molecule has 1 atom stereocenters. The van der Waals surface area contributed by atoms with Gasteiger partial charge in [0.05, 0.1) is 30.0 Å². The van der Waals surface area contributed by atoms with Gasteiger partial charge in [0.2, 0.25) is 11.8 Å². The molecular weight excluding hydrogens is 373 g/mol. The topological polar surface area (TPSA) is 80.2 Å². The van der Waals surface area contributed by atoms with Gasteiger partial charge in [-0.2, -0.15) is 13.2 Å². The van der Waals surface area contributed by atoms with Gasteiger partial charge in [-0.25, -0.2) is 15.0 Å². The highest BCUT2D eigenvalue weighted by Gasteiger charge is 2.30. The minimum atomic E-state index is -4.26. The molecule has 1 saturated carbocycles. The summed E-state index contributed by atoms with van der Waals surface area (Å²) in [7, 11) is 0. The molecule has 0 saturated heterocycles. The fraction of sp³-hybridized carbons (Fsp3) is 0.632. The Hall–Kier alpha value is -2.16. The standard InChI is InChI=1S/C19H25F3N4O2/c1-3-28-17-15-10-24-18(25-11(2)8-19(20,21)22)26-16(15)14(9-23-17)12-4-6-13(27)7-5-12/h9-13,27H,3-8H2,1-2H3,(H,24,25,26)/t11-,12-,13-/m0/s1. The first-order chi connectivity index (χ1) is 13.3. The second-order valence-electron chi connectivity index (χ2n) is 7.28. The van der Waals surface area contributed by atoms with E-state index in [0.29, 0.717) is 36.2 Å². The van der Waals surface area contributed by atoms with E-state index in [-0.39, 0.29) is 18.0 Å². The van der Waals surface area contributed by atoms with E-state index in [1.165, 1.54) is 6.92 Å². The predicted octanol–water partition coefficient (Wildman–Crippen LogP) is 4.19. The lowest BCUT2D eigenvalue weighted by molar-refractivity contribution is -0.136. The van der Waals surface area contributed by atoms with Crippen molar-refractivity contribution < 1.29 is 23.0 Å². The van der Waals surface area contributed by atoms with Crippen LogP contribution in [0.5, 0.6) is 5.88 Å².